The van der Waals surface area contributed by atoms with Crippen molar-refractivity contribution in [2.75, 3.05) is 12.4 Å². The third-order valence-corrected chi connectivity index (χ3v) is 4.90. The molecule has 0 bridgehead atoms. The number of hydrogen-bond donors (Lipinski definition) is 2. The highest BCUT2D eigenvalue weighted by Crippen LogP contribution is 2.32. The summed E-state index contributed by atoms with van der Waals surface area (Å²) in [6.45, 7) is 0.390. The summed E-state index contributed by atoms with van der Waals surface area (Å²) in [6, 6.07) is 19.4. The van der Waals surface area contributed by atoms with E-state index in [1.54, 1.807) is 18.2 Å². The molecule has 2 N–H and O–H groups in total. The Bertz CT molecular complexity index is 1250. The Morgan fingerprint density at radius 3 is 2.66 bits per heavy atom. The molecule has 4 aromatic rings. The molecule has 3 aromatic carbocycles. The molecule has 10 heteroatoms. The Kier molecular flexibility index (Phi) is 6.18. The van der Waals surface area contributed by atoms with Crippen molar-refractivity contribution in [3.05, 3.63) is 82.9 Å². The Morgan fingerprint density at radius 2 is 1.91 bits per heavy atom. The maximum atomic E-state index is 11.2. The van der Waals surface area contributed by atoms with Gasteiger partial charge in [0.15, 0.2) is 11.5 Å². The largest absolute Gasteiger partial charge is 0.493 e. The average Bonchev–Trinajstić information content (AvgIpc) is 3.27. The van der Waals surface area contributed by atoms with E-state index in [1.807, 2.05) is 36.4 Å². The fourth-order valence-electron chi connectivity index (χ4n) is 2.97. The molecule has 0 spiro atoms. The lowest BCUT2D eigenvalue weighted by Gasteiger charge is -2.13. The van der Waals surface area contributed by atoms with Crippen LogP contribution in [-0.4, -0.2) is 38.4 Å². The van der Waals surface area contributed by atoms with E-state index in [1.165, 1.54) is 23.9 Å². The van der Waals surface area contributed by atoms with Gasteiger partial charge in [0.05, 0.1) is 29.1 Å². The molecule has 0 unspecified atom stereocenters. The predicted molar refractivity (Wildman–Crippen MR) is 118 cm³/mol. The number of hydrogen-bond acceptors (Lipinski definition) is 7. The van der Waals surface area contributed by atoms with Crippen LogP contribution in [0.3, 0.4) is 0 Å². The highest BCUT2D eigenvalue weighted by atomic mass is 35.5. The van der Waals surface area contributed by atoms with Crippen molar-refractivity contribution in [3.8, 4) is 23.2 Å². The summed E-state index contributed by atoms with van der Waals surface area (Å²) in [5.41, 5.74) is 2.30. The summed E-state index contributed by atoms with van der Waals surface area (Å²) in [5, 5.41) is 24.3. The van der Waals surface area contributed by atoms with Crippen LogP contribution in [-0.2, 0) is 6.54 Å². The number of tetrazole rings is 1. The zero-order valence-electron chi connectivity index (χ0n) is 16.9. The first-order valence-corrected chi connectivity index (χ1v) is 9.88. The number of aromatic carboxylic acids is 1. The number of aromatic nitrogens is 4. The van der Waals surface area contributed by atoms with Gasteiger partial charge in [-0.3, -0.25) is 0 Å². The van der Waals surface area contributed by atoms with Crippen LogP contribution < -0.4 is 14.8 Å². The van der Waals surface area contributed by atoms with Crippen molar-refractivity contribution in [1.82, 2.24) is 20.2 Å². The minimum atomic E-state index is -1.02. The molecule has 0 saturated carbocycles. The molecular formula is C22H18ClN5O4. The molecule has 0 aliphatic heterocycles. The lowest BCUT2D eigenvalue weighted by molar-refractivity contribution is 0.0697. The van der Waals surface area contributed by atoms with Gasteiger partial charge in [0.2, 0.25) is 0 Å². The van der Waals surface area contributed by atoms with E-state index in [4.69, 9.17) is 26.2 Å². The van der Waals surface area contributed by atoms with Crippen LogP contribution in [0, 0.1) is 0 Å². The van der Waals surface area contributed by atoms with Gasteiger partial charge in [-0.15, -0.1) is 0 Å². The minimum absolute atomic E-state index is 0.148. The van der Waals surface area contributed by atoms with Crippen LogP contribution in [0.15, 0.2) is 66.7 Å². The number of carboxylic acid groups (broad SMARTS) is 1. The van der Waals surface area contributed by atoms with Gasteiger partial charge in [0.25, 0.3) is 0 Å². The number of ether oxygens (including phenoxy) is 2. The highest BCUT2D eigenvalue weighted by molar-refractivity contribution is 6.33. The summed E-state index contributed by atoms with van der Waals surface area (Å²) in [7, 11) is 1.53. The minimum Gasteiger partial charge on any atom is -0.493 e. The van der Waals surface area contributed by atoms with E-state index in [-0.39, 0.29) is 11.6 Å². The fraction of sp³-hybridized carbons (Fsp3) is 0.0909. The fourth-order valence-corrected chi connectivity index (χ4v) is 3.15. The van der Waals surface area contributed by atoms with Gasteiger partial charge in [-0.25, -0.2) is 4.79 Å². The first-order valence-electron chi connectivity index (χ1n) is 9.50. The highest BCUT2D eigenvalue weighted by Gasteiger charge is 2.14. The number of para-hydroxylation sites is 1. The molecule has 0 atom stereocenters. The Hall–Kier alpha value is -4.11. The molecule has 0 amide bonds. The molecule has 1 aromatic heterocycles. The first-order chi connectivity index (χ1) is 15.5. The van der Waals surface area contributed by atoms with E-state index in [0.717, 1.165) is 11.3 Å². The summed E-state index contributed by atoms with van der Waals surface area (Å²) in [5.74, 6) is -0.0998. The molecule has 0 aliphatic carbocycles. The lowest BCUT2D eigenvalue weighted by atomic mass is 10.1. The number of carboxylic acids is 1. The van der Waals surface area contributed by atoms with E-state index in [9.17, 15) is 4.79 Å². The standard InChI is InChI=1S/C22H18ClN5O4/c1-31-20-11-14(13-24-18-12-15(21(29)30)8-9-17(18)23)7-10-19(20)32-22-25-26-27-28(22)16-5-3-2-4-6-16/h2-12,24H,13H2,1H3,(H,29,30). The predicted octanol–water partition coefficient (Wildman–Crippen LogP) is 4.43. The molecule has 0 aliphatic rings. The Balaban J connectivity index is 1.52. The van der Waals surface area contributed by atoms with Crippen LogP contribution >= 0.6 is 11.6 Å². The van der Waals surface area contributed by atoms with Gasteiger partial charge in [-0.2, -0.15) is 4.68 Å². The third-order valence-electron chi connectivity index (χ3n) is 4.57. The van der Waals surface area contributed by atoms with Crippen molar-refractivity contribution in [2.24, 2.45) is 0 Å². The Morgan fingerprint density at radius 1 is 1.09 bits per heavy atom. The van der Waals surface area contributed by atoms with Crippen molar-refractivity contribution < 1.29 is 19.4 Å². The molecule has 1 heterocycles. The van der Waals surface area contributed by atoms with Gasteiger partial charge in [0, 0.05) is 6.54 Å². The summed E-state index contributed by atoms with van der Waals surface area (Å²) < 4.78 is 12.9. The van der Waals surface area contributed by atoms with Crippen molar-refractivity contribution in [1.29, 1.82) is 0 Å². The molecule has 0 saturated heterocycles. The topological polar surface area (TPSA) is 111 Å². The normalized spacial score (nSPS) is 10.6. The van der Waals surface area contributed by atoms with Crippen molar-refractivity contribution in [3.63, 3.8) is 0 Å². The second-order valence-corrected chi connectivity index (χ2v) is 7.06. The summed E-state index contributed by atoms with van der Waals surface area (Å²) in [4.78, 5) is 11.2. The van der Waals surface area contributed by atoms with E-state index in [0.29, 0.717) is 28.8 Å². The number of nitrogens with zero attached hydrogens (tertiary/aromatic N) is 4. The maximum absolute atomic E-state index is 11.2. The van der Waals surface area contributed by atoms with Crippen molar-refractivity contribution in [2.45, 2.75) is 6.54 Å². The van der Waals surface area contributed by atoms with Gasteiger partial charge < -0.3 is 19.9 Å². The zero-order chi connectivity index (χ0) is 22.5. The molecule has 9 nitrogen and oxygen atoms in total. The van der Waals surface area contributed by atoms with Gasteiger partial charge in [-0.1, -0.05) is 41.0 Å². The SMILES string of the molecule is COc1cc(CNc2cc(C(=O)O)ccc2Cl)ccc1Oc1nnnn1-c1ccccc1. The molecule has 0 fully saturated rings. The zero-order valence-corrected chi connectivity index (χ0v) is 17.7. The van der Waals surface area contributed by atoms with Gasteiger partial charge in [0.1, 0.15) is 0 Å². The number of rotatable bonds is 8. The molecule has 162 valence electrons. The second kappa shape index (κ2) is 9.36. The van der Waals surface area contributed by atoms with Crippen LogP contribution in [0.25, 0.3) is 5.69 Å². The smallest absolute Gasteiger partial charge is 0.346 e. The number of anilines is 1. The van der Waals surface area contributed by atoms with Crippen LogP contribution in [0.2, 0.25) is 5.02 Å². The quantitative estimate of drug-likeness (QED) is 0.404. The lowest BCUT2D eigenvalue weighted by Crippen LogP contribution is -2.04. The molecular weight excluding hydrogens is 434 g/mol. The van der Waals surface area contributed by atoms with E-state index < -0.39 is 5.97 Å². The average molecular weight is 452 g/mol. The maximum Gasteiger partial charge on any atom is 0.346 e. The second-order valence-electron chi connectivity index (χ2n) is 6.65. The number of carbonyl (C=O) groups is 1. The van der Waals surface area contributed by atoms with Crippen LogP contribution in [0.1, 0.15) is 15.9 Å². The number of benzene rings is 3. The van der Waals surface area contributed by atoms with Crippen LogP contribution in [0.4, 0.5) is 5.69 Å². The molecule has 0 radical (unpaired) electrons. The van der Waals surface area contributed by atoms with E-state index >= 15 is 0 Å². The van der Waals surface area contributed by atoms with Crippen molar-refractivity contribution >= 4 is 23.3 Å². The summed E-state index contributed by atoms with van der Waals surface area (Å²) in [6.07, 6.45) is 0. The van der Waals surface area contributed by atoms with E-state index in [2.05, 4.69) is 20.8 Å². The van der Waals surface area contributed by atoms with Crippen LogP contribution in [0.5, 0.6) is 17.5 Å². The number of nitrogens with one attached hydrogen (secondary N) is 1. The molecule has 32 heavy (non-hydrogen) atoms. The van der Waals surface area contributed by atoms with Gasteiger partial charge >= 0.3 is 12.0 Å². The third kappa shape index (κ3) is 4.62. The number of halogens is 1. The van der Waals surface area contributed by atoms with Gasteiger partial charge in [-0.05, 0) is 58.5 Å². The Labute approximate surface area is 188 Å². The monoisotopic (exact) mass is 451 g/mol. The number of methoxy groups -OCH3 is 1. The first kappa shape index (κ1) is 21.1. The summed E-state index contributed by atoms with van der Waals surface area (Å²) >= 11 is 6.17. The molecule has 4 rings (SSSR count).